The molecule has 0 amide bonds. The minimum Gasteiger partial charge on any atom is -0.366 e. The molecular weight excluding hydrogens is 168 g/mol. The minimum atomic E-state index is 1.12. The van der Waals surface area contributed by atoms with Gasteiger partial charge in [-0.25, -0.2) is 0 Å². The van der Waals surface area contributed by atoms with Gasteiger partial charge in [-0.2, -0.15) is 5.26 Å². The Morgan fingerprint density at radius 2 is 2.08 bits per heavy atom. The summed E-state index contributed by atoms with van der Waals surface area (Å²) in [7, 11) is 0. The van der Waals surface area contributed by atoms with E-state index in [-0.39, 0.29) is 0 Å². The van der Waals surface area contributed by atoms with Crippen LogP contribution in [-0.4, -0.2) is 24.2 Å². The molecule has 2 nitrogen and oxygen atoms in total. The zero-order valence-corrected chi connectivity index (χ0v) is 8.23. The highest BCUT2D eigenvalue weighted by Crippen LogP contribution is 2.21. The third-order valence-electron chi connectivity index (χ3n) is 2.06. The number of allylic oxidation sites excluding steroid dienone is 1. The van der Waals surface area contributed by atoms with Gasteiger partial charge in [0.15, 0.2) is 0 Å². The standard InChI is InChI=1S/C9H14N2S/c1-12-9(5-6-10)11-7-3-2-4-8-11/h5H,2-4,7-8H2,1H3/b9-5+. The number of nitriles is 1. The highest BCUT2D eigenvalue weighted by molar-refractivity contribution is 8.02. The first kappa shape index (κ1) is 9.47. The first-order chi connectivity index (χ1) is 5.88. The molecule has 3 heteroatoms. The average Bonchev–Trinajstić information content (AvgIpc) is 2.15. The maximum Gasteiger partial charge on any atom is 0.0939 e. The summed E-state index contributed by atoms with van der Waals surface area (Å²) in [6.45, 7) is 2.24. The van der Waals surface area contributed by atoms with Crippen molar-refractivity contribution in [1.29, 1.82) is 5.26 Å². The molecule has 0 aliphatic carbocycles. The summed E-state index contributed by atoms with van der Waals surface area (Å²) in [5.74, 6) is 0. The van der Waals surface area contributed by atoms with E-state index in [0.29, 0.717) is 0 Å². The molecule has 1 aliphatic rings. The van der Waals surface area contributed by atoms with Crippen LogP contribution in [0.15, 0.2) is 11.1 Å². The Balaban J connectivity index is 2.53. The first-order valence-electron chi connectivity index (χ1n) is 4.27. The van der Waals surface area contributed by atoms with Crippen LogP contribution in [0.5, 0.6) is 0 Å². The molecule has 66 valence electrons. The molecule has 0 saturated carbocycles. The lowest BCUT2D eigenvalue weighted by Gasteiger charge is -2.29. The van der Waals surface area contributed by atoms with Crippen molar-refractivity contribution in [2.45, 2.75) is 19.3 Å². The van der Waals surface area contributed by atoms with Gasteiger partial charge in [-0.3, -0.25) is 0 Å². The molecule has 0 aromatic heterocycles. The van der Waals surface area contributed by atoms with E-state index in [9.17, 15) is 0 Å². The van der Waals surface area contributed by atoms with E-state index < -0.39 is 0 Å². The smallest absolute Gasteiger partial charge is 0.0939 e. The summed E-state index contributed by atoms with van der Waals surface area (Å²) in [4.78, 5) is 2.30. The molecular formula is C9H14N2S. The van der Waals surface area contributed by atoms with Crippen molar-refractivity contribution in [2.24, 2.45) is 0 Å². The first-order valence-corrected chi connectivity index (χ1v) is 5.49. The molecule has 1 rings (SSSR count). The Bertz CT molecular complexity index is 199. The average molecular weight is 182 g/mol. The van der Waals surface area contributed by atoms with Crippen LogP contribution in [0.3, 0.4) is 0 Å². The van der Waals surface area contributed by atoms with Crippen molar-refractivity contribution < 1.29 is 0 Å². The van der Waals surface area contributed by atoms with Crippen molar-refractivity contribution in [2.75, 3.05) is 19.3 Å². The predicted octanol–water partition coefficient (Wildman–Crippen LogP) is 2.20. The van der Waals surface area contributed by atoms with Crippen LogP contribution in [-0.2, 0) is 0 Å². The topological polar surface area (TPSA) is 27.0 Å². The van der Waals surface area contributed by atoms with Crippen molar-refractivity contribution in [3.63, 3.8) is 0 Å². The van der Waals surface area contributed by atoms with E-state index in [4.69, 9.17) is 5.26 Å². The summed E-state index contributed by atoms with van der Waals surface area (Å²) in [6, 6.07) is 2.09. The molecule has 0 atom stereocenters. The monoisotopic (exact) mass is 182 g/mol. The Morgan fingerprint density at radius 3 is 2.58 bits per heavy atom. The minimum absolute atomic E-state index is 1.12. The number of piperidine rings is 1. The van der Waals surface area contributed by atoms with Crippen LogP contribution in [0, 0.1) is 11.3 Å². The SMILES string of the molecule is CS/C(=C/C#N)N1CCCCC1. The molecule has 1 heterocycles. The lowest BCUT2D eigenvalue weighted by molar-refractivity contribution is 0.303. The molecule has 0 spiro atoms. The summed E-state index contributed by atoms with van der Waals surface area (Å²) in [5.41, 5.74) is 0. The Kier molecular flexibility index (Phi) is 4.02. The van der Waals surface area contributed by atoms with Crippen LogP contribution >= 0.6 is 11.8 Å². The Morgan fingerprint density at radius 1 is 1.42 bits per heavy atom. The highest BCUT2D eigenvalue weighted by Gasteiger charge is 2.11. The zero-order valence-electron chi connectivity index (χ0n) is 7.42. The van der Waals surface area contributed by atoms with Crippen molar-refractivity contribution >= 4 is 11.8 Å². The molecule has 0 unspecified atom stereocenters. The van der Waals surface area contributed by atoms with Gasteiger partial charge in [0, 0.05) is 19.2 Å². The van der Waals surface area contributed by atoms with Crippen LogP contribution < -0.4 is 0 Å². The van der Waals surface area contributed by atoms with E-state index in [1.807, 2.05) is 6.26 Å². The third-order valence-corrected chi connectivity index (χ3v) is 2.86. The van der Waals surface area contributed by atoms with Crippen molar-refractivity contribution in [3.8, 4) is 6.07 Å². The number of hydrogen-bond acceptors (Lipinski definition) is 3. The van der Waals surface area contributed by atoms with Gasteiger partial charge >= 0.3 is 0 Å². The summed E-state index contributed by atoms with van der Waals surface area (Å²) in [5, 5.41) is 9.65. The van der Waals surface area contributed by atoms with E-state index >= 15 is 0 Å². The number of rotatable bonds is 2. The number of thioether (sulfide) groups is 1. The van der Waals surface area contributed by atoms with E-state index in [1.165, 1.54) is 19.3 Å². The normalized spacial score (nSPS) is 19.0. The second-order valence-electron chi connectivity index (χ2n) is 2.86. The van der Waals surface area contributed by atoms with Gasteiger partial charge in [0.1, 0.15) is 0 Å². The third kappa shape index (κ3) is 2.46. The van der Waals surface area contributed by atoms with Gasteiger partial charge in [-0.05, 0) is 25.5 Å². The van der Waals surface area contributed by atoms with Gasteiger partial charge in [0.25, 0.3) is 0 Å². The fourth-order valence-electron chi connectivity index (χ4n) is 1.45. The second-order valence-corrected chi connectivity index (χ2v) is 3.69. The largest absolute Gasteiger partial charge is 0.366 e. The van der Waals surface area contributed by atoms with Gasteiger partial charge in [-0.1, -0.05) is 0 Å². The lowest BCUT2D eigenvalue weighted by atomic mass is 10.1. The van der Waals surface area contributed by atoms with Crippen molar-refractivity contribution in [1.82, 2.24) is 4.90 Å². The Labute approximate surface area is 78.2 Å². The summed E-state index contributed by atoms with van der Waals surface area (Å²) < 4.78 is 0. The van der Waals surface area contributed by atoms with Crippen LogP contribution in [0.2, 0.25) is 0 Å². The molecule has 0 radical (unpaired) electrons. The molecule has 0 aromatic rings. The van der Waals surface area contributed by atoms with Gasteiger partial charge < -0.3 is 4.90 Å². The van der Waals surface area contributed by atoms with E-state index in [2.05, 4.69) is 11.0 Å². The van der Waals surface area contributed by atoms with Crippen molar-refractivity contribution in [3.05, 3.63) is 11.1 Å². The molecule has 1 fully saturated rings. The molecule has 1 aliphatic heterocycles. The van der Waals surface area contributed by atoms with Crippen LogP contribution in [0.1, 0.15) is 19.3 Å². The van der Waals surface area contributed by atoms with Crippen LogP contribution in [0.4, 0.5) is 0 Å². The van der Waals surface area contributed by atoms with Gasteiger partial charge in [0.05, 0.1) is 11.1 Å². The predicted molar refractivity (Wildman–Crippen MR) is 52.6 cm³/mol. The van der Waals surface area contributed by atoms with Crippen LogP contribution in [0.25, 0.3) is 0 Å². The fraction of sp³-hybridized carbons (Fsp3) is 0.667. The molecule has 0 bridgehead atoms. The number of hydrogen-bond donors (Lipinski definition) is 0. The molecule has 1 saturated heterocycles. The summed E-state index contributed by atoms with van der Waals surface area (Å²) in [6.07, 6.45) is 7.55. The lowest BCUT2D eigenvalue weighted by Crippen LogP contribution is -2.27. The zero-order chi connectivity index (χ0) is 8.81. The number of nitrogens with zero attached hydrogens (tertiary/aromatic N) is 2. The van der Waals surface area contributed by atoms with Gasteiger partial charge in [0.2, 0.25) is 0 Å². The maximum atomic E-state index is 8.53. The second kappa shape index (κ2) is 5.10. The molecule has 12 heavy (non-hydrogen) atoms. The van der Waals surface area contributed by atoms with Gasteiger partial charge in [-0.15, -0.1) is 11.8 Å². The quantitative estimate of drug-likeness (QED) is 0.613. The Hall–Kier alpha value is -0.620. The molecule has 0 aromatic carbocycles. The summed E-state index contributed by atoms with van der Waals surface area (Å²) >= 11 is 1.67. The van der Waals surface area contributed by atoms with E-state index in [1.54, 1.807) is 17.8 Å². The highest BCUT2D eigenvalue weighted by atomic mass is 32.2. The molecule has 0 N–H and O–H groups in total. The van der Waals surface area contributed by atoms with E-state index in [0.717, 1.165) is 18.1 Å². The fourth-order valence-corrected chi connectivity index (χ4v) is 2.06. The number of likely N-dealkylation sites (tertiary alicyclic amines) is 1. The maximum absolute atomic E-state index is 8.53.